The van der Waals surface area contributed by atoms with Gasteiger partial charge in [0, 0.05) is 31.7 Å². The fraction of sp³-hybridized carbons (Fsp3) is 0.333. The van der Waals surface area contributed by atoms with Crippen molar-refractivity contribution in [2.75, 3.05) is 0 Å². The van der Waals surface area contributed by atoms with E-state index in [9.17, 15) is 4.79 Å². The third-order valence-electron chi connectivity index (χ3n) is 1.86. The maximum atomic E-state index is 11.4. The number of pyridine rings is 1. The zero-order valence-corrected chi connectivity index (χ0v) is 8.29. The molecule has 0 radical (unpaired) electrons. The van der Waals surface area contributed by atoms with Crippen LogP contribution in [0.25, 0.3) is 0 Å². The monoisotopic (exact) mass is 187 g/mol. The highest BCUT2D eigenvalue weighted by Crippen LogP contribution is 2.01. The molecule has 1 aromatic heterocycles. The first-order valence-electron chi connectivity index (χ1n) is 4.63. The number of carbonyl (C=O) groups is 1. The predicted octanol–water partition coefficient (Wildman–Crippen LogP) is 2.00. The van der Waals surface area contributed by atoms with Crippen LogP contribution < -0.4 is 0 Å². The predicted molar refractivity (Wildman–Crippen MR) is 55.6 cm³/mol. The lowest BCUT2D eigenvalue weighted by molar-refractivity contribution is -0.118. The second kappa shape index (κ2) is 5.93. The van der Waals surface area contributed by atoms with Crippen molar-refractivity contribution in [1.82, 2.24) is 4.98 Å². The summed E-state index contributed by atoms with van der Waals surface area (Å²) in [7, 11) is 0. The van der Waals surface area contributed by atoms with Gasteiger partial charge in [-0.2, -0.15) is 0 Å². The summed E-state index contributed by atoms with van der Waals surface area (Å²) < 4.78 is 0. The Hall–Kier alpha value is -1.62. The molecule has 2 heteroatoms. The van der Waals surface area contributed by atoms with Crippen molar-refractivity contribution < 1.29 is 4.79 Å². The highest BCUT2D eigenvalue weighted by Gasteiger charge is 2.01. The van der Waals surface area contributed by atoms with Crippen molar-refractivity contribution in [3.05, 3.63) is 30.1 Å². The first-order chi connectivity index (χ1) is 6.83. The Kier molecular flexibility index (Phi) is 4.43. The minimum Gasteiger partial charge on any atom is -0.299 e. The fourth-order valence-electron chi connectivity index (χ4n) is 1.14. The third kappa shape index (κ3) is 3.86. The molecule has 0 aliphatic heterocycles. The van der Waals surface area contributed by atoms with Gasteiger partial charge in [0.2, 0.25) is 0 Å². The topological polar surface area (TPSA) is 30.0 Å². The van der Waals surface area contributed by atoms with E-state index in [1.807, 2.05) is 12.1 Å². The molecule has 1 rings (SSSR count). The van der Waals surface area contributed by atoms with Crippen molar-refractivity contribution in [2.24, 2.45) is 0 Å². The summed E-state index contributed by atoms with van der Waals surface area (Å²) in [5.74, 6) is 5.89. The molecule has 0 bridgehead atoms. The number of ketones is 1. The quantitative estimate of drug-likeness (QED) is 0.675. The lowest BCUT2D eigenvalue weighted by Gasteiger charge is -1.97. The van der Waals surface area contributed by atoms with Crippen molar-refractivity contribution in [2.45, 2.75) is 26.2 Å². The number of hydrogen-bond acceptors (Lipinski definition) is 2. The first-order valence-corrected chi connectivity index (χ1v) is 4.63. The average Bonchev–Trinajstić information content (AvgIpc) is 2.20. The van der Waals surface area contributed by atoms with Gasteiger partial charge in [-0.25, -0.2) is 0 Å². The van der Waals surface area contributed by atoms with Crippen LogP contribution in [0.3, 0.4) is 0 Å². The van der Waals surface area contributed by atoms with Crippen LogP contribution >= 0.6 is 0 Å². The Balaban J connectivity index is 2.37. The summed E-state index contributed by atoms with van der Waals surface area (Å²) in [6, 6.07) is 3.73. The molecule has 0 atom stereocenters. The van der Waals surface area contributed by atoms with Crippen molar-refractivity contribution >= 4 is 5.78 Å². The minimum atomic E-state index is 0.235. The molecule has 14 heavy (non-hydrogen) atoms. The van der Waals surface area contributed by atoms with E-state index in [4.69, 9.17) is 0 Å². The van der Waals surface area contributed by atoms with Gasteiger partial charge in [-0.05, 0) is 24.6 Å². The van der Waals surface area contributed by atoms with E-state index in [-0.39, 0.29) is 5.78 Å². The Labute approximate surface area is 84.4 Å². The van der Waals surface area contributed by atoms with E-state index < -0.39 is 0 Å². The SMILES string of the molecule is CC#CCCC(=O)Cc1ccncc1. The summed E-state index contributed by atoms with van der Waals surface area (Å²) in [4.78, 5) is 15.3. The van der Waals surface area contributed by atoms with Gasteiger partial charge in [0.15, 0.2) is 0 Å². The second-order valence-electron chi connectivity index (χ2n) is 3.00. The first kappa shape index (κ1) is 10.5. The molecule has 0 saturated carbocycles. The van der Waals surface area contributed by atoms with Crippen LogP contribution in [0.15, 0.2) is 24.5 Å². The minimum absolute atomic E-state index is 0.235. The van der Waals surface area contributed by atoms with Gasteiger partial charge in [-0.3, -0.25) is 9.78 Å². The molecule has 0 N–H and O–H groups in total. The van der Waals surface area contributed by atoms with Gasteiger partial charge in [-0.15, -0.1) is 11.8 Å². The molecule has 1 heterocycles. The van der Waals surface area contributed by atoms with Gasteiger partial charge in [0.05, 0.1) is 0 Å². The van der Waals surface area contributed by atoms with Crippen LogP contribution in [0.4, 0.5) is 0 Å². The molecule has 2 nitrogen and oxygen atoms in total. The highest BCUT2D eigenvalue weighted by molar-refractivity contribution is 5.80. The summed E-state index contributed by atoms with van der Waals surface area (Å²) in [5.41, 5.74) is 1.02. The molecule has 0 fully saturated rings. The van der Waals surface area contributed by atoms with Crippen LogP contribution in [0.5, 0.6) is 0 Å². The molecular weight excluding hydrogens is 174 g/mol. The van der Waals surface area contributed by atoms with Crippen LogP contribution in [0.1, 0.15) is 25.3 Å². The average molecular weight is 187 g/mol. The van der Waals surface area contributed by atoms with E-state index >= 15 is 0 Å². The molecule has 0 amide bonds. The van der Waals surface area contributed by atoms with Crippen molar-refractivity contribution in [3.63, 3.8) is 0 Å². The van der Waals surface area contributed by atoms with Crippen LogP contribution in [-0.4, -0.2) is 10.8 Å². The Morgan fingerprint density at radius 3 is 2.79 bits per heavy atom. The summed E-state index contributed by atoms with van der Waals surface area (Å²) >= 11 is 0. The van der Waals surface area contributed by atoms with Gasteiger partial charge in [0.25, 0.3) is 0 Å². The molecule has 1 aromatic rings. The zero-order chi connectivity index (χ0) is 10.2. The number of nitrogens with zero attached hydrogens (tertiary/aromatic N) is 1. The molecule has 72 valence electrons. The van der Waals surface area contributed by atoms with E-state index in [0.717, 1.165) is 5.56 Å². The number of rotatable bonds is 4. The van der Waals surface area contributed by atoms with Gasteiger partial charge in [-0.1, -0.05) is 0 Å². The van der Waals surface area contributed by atoms with Crippen LogP contribution in [-0.2, 0) is 11.2 Å². The van der Waals surface area contributed by atoms with E-state index in [2.05, 4.69) is 16.8 Å². The molecule has 0 unspecified atom stereocenters. The largest absolute Gasteiger partial charge is 0.299 e. The van der Waals surface area contributed by atoms with E-state index in [0.29, 0.717) is 19.3 Å². The molecule has 0 aliphatic rings. The van der Waals surface area contributed by atoms with E-state index in [1.165, 1.54) is 0 Å². The second-order valence-corrected chi connectivity index (χ2v) is 3.00. The van der Waals surface area contributed by atoms with E-state index in [1.54, 1.807) is 19.3 Å². The Morgan fingerprint density at radius 1 is 1.43 bits per heavy atom. The maximum absolute atomic E-state index is 11.4. The zero-order valence-electron chi connectivity index (χ0n) is 8.29. The number of Topliss-reactive ketones (excluding diaryl/α,β-unsaturated/α-hetero) is 1. The summed E-state index contributed by atoms with van der Waals surface area (Å²) in [6.45, 7) is 1.79. The van der Waals surface area contributed by atoms with Gasteiger partial charge < -0.3 is 0 Å². The Morgan fingerprint density at radius 2 is 2.14 bits per heavy atom. The molecule has 0 saturated heterocycles. The van der Waals surface area contributed by atoms with Crippen molar-refractivity contribution in [3.8, 4) is 11.8 Å². The molecule has 0 aromatic carbocycles. The van der Waals surface area contributed by atoms with Crippen LogP contribution in [0.2, 0.25) is 0 Å². The smallest absolute Gasteiger partial charge is 0.138 e. The highest BCUT2D eigenvalue weighted by atomic mass is 16.1. The molecule has 0 aliphatic carbocycles. The lowest BCUT2D eigenvalue weighted by atomic mass is 10.1. The van der Waals surface area contributed by atoms with Gasteiger partial charge in [0.1, 0.15) is 5.78 Å². The standard InChI is InChI=1S/C12H13NO/c1-2-3-4-5-12(14)10-11-6-8-13-9-7-11/h6-9H,4-5,10H2,1H3. The molecular formula is C12H13NO. The maximum Gasteiger partial charge on any atom is 0.138 e. The van der Waals surface area contributed by atoms with Crippen LogP contribution in [0, 0.1) is 11.8 Å². The number of carbonyl (C=O) groups excluding carboxylic acids is 1. The lowest BCUT2D eigenvalue weighted by Crippen LogP contribution is -2.01. The van der Waals surface area contributed by atoms with Gasteiger partial charge >= 0.3 is 0 Å². The summed E-state index contributed by atoms with van der Waals surface area (Å²) in [6.07, 6.45) is 5.11. The fourth-order valence-corrected chi connectivity index (χ4v) is 1.14. The number of aromatic nitrogens is 1. The van der Waals surface area contributed by atoms with Crippen molar-refractivity contribution in [1.29, 1.82) is 0 Å². The number of hydrogen-bond donors (Lipinski definition) is 0. The third-order valence-corrected chi connectivity index (χ3v) is 1.86. The normalized spacial score (nSPS) is 8.93. The Bertz CT molecular complexity index is 346. The summed E-state index contributed by atoms with van der Waals surface area (Å²) in [5, 5.41) is 0. The molecule has 0 spiro atoms.